The highest BCUT2D eigenvalue weighted by atomic mass is 32.2. The summed E-state index contributed by atoms with van der Waals surface area (Å²) in [5.41, 5.74) is 5.90. The van der Waals surface area contributed by atoms with Gasteiger partial charge in [0.2, 0.25) is 11.3 Å². The molecular weight excluding hydrogens is 336 g/mol. The number of carboxylic acids is 1. The molecule has 9 heteroatoms. The summed E-state index contributed by atoms with van der Waals surface area (Å²) in [6, 6.07) is 3.63. The second kappa shape index (κ2) is 6.17. The Morgan fingerprint density at radius 2 is 2.21 bits per heavy atom. The van der Waals surface area contributed by atoms with Crippen LogP contribution in [0.5, 0.6) is 5.75 Å². The summed E-state index contributed by atoms with van der Waals surface area (Å²) in [6.45, 7) is 1.26. The highest BCUT2D eigenvalue weighted by Crippen LogP contribution is 2.35. The van der Waals surface area contributed by atoms with Gasteiger partial charge in [0.15, 0.2) is 0 Å². The number of nitrogen functional groups attached to an aromatic ring is 1. The molecule has 3 rings (SSSR count). The predicted molar refractivity (Wildman–Crippen MR) is 88.0 cm³/mol. The Morgan fingerprint density at radius 1 is 1.46 bits per heavy atom. The summed E-state index contributed by atoms with van der Waals surface area (Å²) in [7, 11) is 0. The molecule has 126 valence electrons. The normalized spacial score (nSPS) is 20.2. The van der Waals surface area contributed by atoms with Gasteiger partial charge in [0, 0.05) is 18.7 Å². The second-order valence-corrected chi connectivity index (χ2v) is 6.37. The van der Waals surface area contributed by atoms with Crippen LogP contribution in [0, 0.1) is 0 Å². The number of nitrogens with two attached hydrogens (primary N) is 1. The molecule has 2 atom stereocenters. The summed E-state index contributed by atoms with van der Waals surface area (Å²) in [6.07, 6.45) is 0. The highest BCUT2D eigenvalue weighted by molar-refractivity contribution is 7.99. The van der Waals surface area contributed by atoms with Gasteiger partial charge in [-0.3, -0.25) is 19.7 Å². The van der Waals surface area contributed by atoms with Gasteiger partial charge in [-0.15, -0.1) is 11.8 Å². The maximum atomic E-state index is 12.7. The maximum Gasteiger partial charge on any atom is 0.321 e. The highest BCUT2D eigenvalue weighted by Gasteiger charge is 2.34. The molecule has 0 bridgehead atoms. The van der Waals surface area contributed by atoms with Crippen LogP contribution in [0.1, 0.15) is 17.9 Å². The molecule has 8 nitrogen and oxygen atoms in total. The first-order chi connectivity index (χ1) is 11.4. The van der Waals surface area contributed by atoms with E-state index in [1.54, 1.807) is 0 Å². The number of carboxylic acid groups (broad SMARTS) is 1. The van der Waals surface area contributed by atoms with Crippen LogP contribution in [0.15, 0.2) is 27.4 Å². The smallest absolute Gasteiger partial charge is 0.321 e. The monoisotopic (exact) mass is 350 g/mol. The molecular formula is C15H14N2O6S. The molecule has 0 aliphatic carbocycles. The van der Waals surface area contributed by atoms with Gasteiger partial charge in [-0.2, -0.15) is 0 Å². The number of esters is 1. The minimum absolute atomic E-state index is 0.0940. The lowest BCUT2D eigenvalue weighted by atomic mass is 10.1. The molecule has 1 aliphatic heterocycles. The zero-order chi connectivity index (χ0) is 17.4. The van der Waals surface area contributed by atoms with Gasteiger partial charge in [0.05, 0.1) is 16.3 Å². The molecule has 1 saturated heterocycles. The standard InChI is InChI=1S/C15H14N2O6S/c1-6(18)22-7-2-3-8-10(4-7)23-13(16)11(12(8)19)14-17-9(5-24-14)15(20)21/h2-4,9,14,17H,5,16H2,1H3,(H,20,21). The van der Waals surface area contributed by atoms with Crippen molar-refractivity contribution in [2.75, 3.05) is 11.5 Å². The van der Waals surface area contributed by atoms with E-state index in [2.05, 4.69) is 5.32 Å². The number of hydrogen-bond donors (Lipinski definition) is 3. The van der Waals surface area contributed by atoms with Crippen LogP contribution in [-0.2, 0) is 9.59 Å². The first-order valence-corrected chi connectivity index (χ1v) is 8.07. The molecule has 24 heavy (non-hydrogen) atoms. The molecule has 4 N–H and O–H groups in total. The number of hydrogen-bond acceptors (Lipinski definition) is 8. The van der Waals surface area contributed by atoms with E-state index in [4.69, 9.17) is 20.0 Å². The third kappa shape index (κ3) is 2.95. The summed E-state index contributed by atoms with van der Waals surface area (Å²) < 4.78 is 10.4. The van der Waals surface area contributed by atoms with Crippen LogP contribution < -0.4 is 21.2 Å². The van der Waals surface area contributed by atoms with Crippen molar-refractivity contribution in [3.8, 4) is 5.75 Å². The fraction of sp³-hybridized carbons (Fsp3) is 0.267. The van der Waals surface area contributed by atoms with E-state index in [0.29, 0.717) is 5.75 Å². The van der Waals surface area contributed by atoms with Crippen LogP contribution in [0.25, 0.3) is 11.0 Å². The SMILES string of the molecule is CC(=O)Oc1ccc2c(=O)c(C3NC(C(=O)O)CS3)c(N)oc2c1. The van der Waals surface area contributed by atoms with Gasteiger partial charge in [0.25, 0.3) is 0 Å². The lowest BCUT2D eigenvalue weighted by Gasteiger charge is -2.13. The number of carbonyl (C=O) groups excluding carboxylic acids is 1. The Morgan fingerprint density at radius 3 is 2.83 bits per heavy atom. The van der Waals surface area contributed by atoms with E-state index in [0.717, 1.165) is 0 Å². The van der Waals surface area contributed by atoms with Crippen LogP contribution in [0.2, 0.25) is 0 Å². The minimum Gasteiger partial charge on any atom is -0.480 e. The van der Waals surface area contributed by atoms with Crippen molar-refractivity contribution in [3.63, 3.8) is 0 Å². The van der Waals surface area contributed by atoms with Crippen molar-refractivity contribution >= 4 is 40.6 Å². The Kier molecular flexibility index (Phi) is 4.20. The fourth-order valence-electron chi connectivity index (χ4n) is 2.46. The molecule has 1 aliphatic rings. The van der Waals surface area contributed by atoms with E-state index in [-0.39, 0.29) is 33.6 Å². The third-order valence-electron chi connectivity index (χ3n) is 3.53. The second-order valence-electron chi connectivity index (χ2n) is 5.23. The van der Waals surface area contributed by atoms with Crippen molar-refractivity contribution in [1.82, 2.24) is 5.32 Å². The van der Waals surface area contributed by atoms with Crippen molar-refractivity contribution in [2.24, 2.45) is 0 Å². The minimum atomic E-state index is -0.986. The first-order valence-electron chi connectivity index (χ1n) is 7.02. The number of anilines is 1. The van der Waals surface area contributed by atoms with Crippen LogP contribution in [0.4, 0.5) is 5.88 Å². The van der Waals surface area contributed by atoms with Crippen LogP contribution in [-0.4, -0.2) is 28.8 Å². The van der Waals surface area contributed by atoms with E-state index in [1.807, 2.05) is 0 Å². The molecule has 0 amide bonds. The van der Waals surface area contributed by atoms with Gasteiger partial charge in [-0.05, 0) is 12.1 Å². The van der Waals surface area contributed by atoms with E-state index < -0.39 is 23.4 Å². The number of rotatable bonds is 3. The first kappa shape index (κ1) is 16.3. The fourth-order valence-corrected chi connectivity index (χ4v) is 3.74. The topological polar surface area (TPSA) is 132 Å². The quantitative estimate of drug-likeness (QED) is 0.549. The maximum absolute atomic E-state index is 12.7. The number of nitrogens with one attached hydrogen (secondary N) is 1. The Bertz CT molecular complexity index is 893. The molecule has 1 aromatic heterocycles. The number of fused-ring (bicyclic) bond motifs is 1. The van der Waals surface area contributed by atoms with Crippen molar-refractivity contribution < 1.29 is 23.8 Å². The average molecular weight is 350 g/mol. The molecule has 1 fully saturated rings. The van der Waals surface area contributed by atoms with Crippen LogP contribution in [0.3, 0.4) is 0 Å². The predicted octanol–water partition coefficient (Wildman–Crippen LogP) is 1.09. The van der Waals surface area contributed by atoms with Gasteiger partial charge < -0.3 is 20.0 Å². The number of aliphatic carboxylic acids is 1. The third-order valence-corrected chi connectivity index (χ3v) is 4.76. The number of carbonyl (C=O) groups is 2. The summed E-state index contributed by atoms with van der Waals surface area (Å²) in [4.78, 5) is 34.7. The largest absolute Gasteiger partial charge is 0.480 e. The summed E-state index contributed by atoms with van der Waals surface area (Å²) >= 11 is 1.28. The Balaban J connectivity index is 2.03. The molecule has 0 saturated carbocycles. The Hall–Kier alpha value is -2.52. The van der Waals surface area contributed by atoms with Crippen molar-refractivity contribution in [2.45, 2.75) is 18.3 Å². The molecule has 0 spiro atoms. The van der Waals surface area contributed by atoms with Gasteiger partial charge in [-0.25, -0.2) is 0 Å². The van der Waals surface area contributed by atoms with E-state index in [1.165, 1.54) is 36.9 Å². The Labute approximate surface area is 140 Å². The number of benzene rings is 1. The van der Waals surface area contributed by atoms with Gasteiger partial charge >= 0.3 is 11.9 Å². The van der Waals surface area contributed by atoms with E-state index >= 15 is 0 Å². The lowest BCUT2D eigenvalue weighted by Crippen LogP contribution is -2.35. The number of ether oxygens (including phenoxy) is 1. The summed E-state index contributed by atoms with van der Waals surface area (Å²) in [5, 5.41) is 11.6. The average Bonchev–Trinajstić information content (AvgIpc) is 2.96. The van der Waals surface area contributed by atoms with Gasteiger partial charge in [0.1, 0.15) is 17.4 Å². The molecule has 0 radical (unpaired) electrons. The van der Waals surface area contributed by atoms with Crippen molar-refractivity contribution in [3.05, 3.63) is 34.0 Å². The molecule has 2 unspecified atom stereocenters. The molecule has 2 aromatic rings. The van der Waals surface area contributed by atoms with Crippen LogP contribution >= 0.6 is 11.8 Å². The zero-order valence-corrected chi connectivity index (χ0v) is 13.4. The van der Waals surface area contributed by atoms with Crippen molar-refractivity contribution in [1.29, 1.82) is 0 Å². The molecule has 1 aromatic carbocycles. The molecule has 2 heterocycles. The van der Waals surface area contributed by atoms with E-state index in [9.17, 15) is 14.4 Å². The summed E-state index contributed by atoms with van der Waals surface area (Å²) in [5.74, 6) is -1.01. The van der Waals surface area contributed by atoms with Gasteiger partial charge in [-0.1, -0.05) is 0 Å². The lowest BCUT2D eigenvalue weighted by molar-refractivity contribution is -0.138. The number of thioether (sulfide) groups is 1. The zero-order valence-electron chi connectivity index (χ0n) is 12.6.